The van der Waals surface area contributed by atoms with Crippen molar-refractivity contribution in [3.8, 4) is 0 Å². The number of hydrogen-bond donors (Lipinski definition) is 1. The number of ketones is 1. The second-order valence-corrected chi connectivity index (χ2v) is 14.0. The van der Waals surface area contributed by atoms with Gasteiger partial charge in [0, 0.05) is 11.8 Å². The zero-order valence-electron chi connectivity index (χ0n) is 18.6. The largest absolute Gasteiger partial charge is 0.404 e. The molecule has 1 aliphatic heterocycles. The Morgan fingerprint density at radius 3 is 2.62 bits per heavy atom. The van der Waals surface area contributed by atoms with Gasteiger partial charge in [0.25, 0.3) is 5.56 Å². The molecule has 1 saturated heterocycles. The molecule has 162 valence electrons. The predicted molar refractivity (Wildman–Crippen MR) is 116 cm³/mol. The number of aromatic amines is 1. The van der Waals surface area contributed by atoms with Gasteiger partial charge in [-0.1, -0.05) is 33.8 Å². The van der Waals surface area contributed by atoms with Crippen LogP contribution in [0.2, 0.25) is 18.1 Å². The van der Waals surface area contributed by atoms with Crippen LogP contribution in [-0.2, 0) is 14.0 Å². The molecule has 2 heterocycles. The molecule has 1 fully saturated rings. The first-order valence-electron chi connectivity index (χ1n) is 10.2. The van der Waals surface area contributed by atoms with Crippen LogP contribution in [-0.4, -0.2) is 35.9 Å². The number of carbonyl (C=O) groups is 1. The van der Waals surface area contributed by atoms with Crippen LogP contribution in [0.4, 0.5) is 0 Å². The molecule has 1 aromatic heterocycles. The van der Waals surface area contributed by atoms with E-state index < -0.39 is 38.0 Å². The van der Waals surface area contributed by atoms with E-state index in [0.29, 0.717) is 18.4 Å². The van der Waals surface area contributed by atoms with Gasteiger partial charge in [-0.2, -0.15) is 0 Å². The molecule has 0 amide bonds. The van der Waals surface area contributed by atoms with Gasteiger partial charge < -0.3 is 9.16 Å². The Morgan fingerprint density at radius 1 is 1.38 bits per heavy atom. The summed E-state index contributed by atoms with van der Waals surface area (Å²) in [6, 6.07) is 0. The summed E-state index contributed by atoms with van der Waals surface area (Å²) in [5.41, 5.74) is -0.474. The number of aryl methyl sites for hydroxylation is 1. The van der Waals surface area contributed by atoms with Crippen molar-refractivity contribution in [3.05, 3.63) is 44.8 Å². The van der Waals surface area contributed by atoms with Crippen LogP contribution in [0.5, 0.6) is 0 Å². The van der Waals surface area contributed by atoms with E-state index in [-0.39, 0.29) is 10.8 Å². The Morgan fingerprint density at radius 2 is 2.03 bits per heavy atom. The van der Waals surface area contributed by atoms with Crippen molar-refractivity contribution in [2.75, 3.05) is 0 Å². The summed E-state index contributed by atoms with van der Waals surface area (Å²) < 4.78 is 14.0. The zero-order chi connectivity index (χ0) is 22.0. The summed E-state index contributed by atoms with van der Waals surface area (Å²) in [6.07, 6.45) is 5.16. The van der Waals surface area contributed by atoms with E-state index in [1.54, 1.807) is 13.0 Å². The van der Waals surface area contributed by atoms with Crippen LogP contribution < -0.4 is 11.2 Å². The fraction of sp³-hybridized carbons (Fsp3) is 0.667. The van der Waals surface area contributed by atoms with Crippen molar-refractivity contribution < 1.29 is 14.0 Å². The molecule has 0 aliphatic carbocycles. The summed E-state index contributed by atoms with van der Waals surface area (Å²) in [5.74, 6) is -0.104. The average molecular weight is 423 g/mol. The van der Waals surface area contributed by atoms with Crippen LogP contribution in [0.25, 0.3) is 0 Å². The molecule has 0 saturated carbocycles. The van der Waals surface area contributed by atoms with Crippen LogP contribution in [0.3, 0.4) is 0 Å². The van der Waals surface area contributed by atoms with Gasteiger partial charge in [-0.15, -0.1) is 0 Å². The lowest BCUT2D eigenvalue weighted by Gasteiger charge is -2.40. The van der Waals surface area contributed by atoms with Crippen LogP contribution in [0.15, 0.2) is 27.9 Å². The molecule has 1 N–H and O–H groups in total. The highest BCUT2D eigenvalue weighted by Crippen LogP contribution is 2.39. The highest BCUT2D eigenvalue weighted by atomic mass is 28.4. The number of H-pyrrole nitrogens is 1. The van der Waals surface area contributed by atoms with Crippen molar-refractivity contribution in [2.45, 2.75) is 90.4 Å². The summed E-state index contributed by atoms with van der Waals surface area (Å²) >= 11 is 0. The van der Waals surface area contributed by atoms with E-state index >= 15 is 0 Å². The molecule has 3 atom stereocenters. The fourth-order valence-electron chi connectivity index (χ4n) is 3.01. The maximum atomic E-state index is 12.9. The molecule has 0 spiro atoms. The van der Waals surface area contributed by atoms with Gasteiger partial charge in [0.2, 0.25) is 0 Å². The van der Waals surface area contributed by atoms with Crippen molar-refractivity contribution in [2.24, 2.45) is 0 Å². The maximum absolute atomic E-state index is 12.9. The SMILES string of the molecule is CCC=CC(=O)C(O[Si](C)(C)C(C)(C)C)[C@@H]1CC[C@H](n2cc(C)c(=O)[nH]c2=O)O1. The molecular weight excluding hydrogens is 388 g/mol. The van der Waals surface area contributed by atoms with Gasteiger partial charge in [0.05, 0.1) is 6.10 Å². The lowest BCUT2D eigenvalue weighted by molar-refractivity contribution is -0.130. The Hall–Kier alpha value is -1.77. The zero-order valence-corrected chi connectivity index (χ0v) is 19.6. The molecule has 8 heteroatoms. The van der Waals surface area contributed by atoms with E-state index in [9.17, 15) is 14.4 Å². The molecular formula is C21H34N2O5Si. The first-order chi connectivity index (χ1) is 13.4. The van der Waals surface area contributed by atoms with Gasteiger partial charge >= 0.3 is 5.69 Å². The monoisotopic (exact) mass is 422 g/mol. The highest BCUT2D eigenvalue weighted by molar-refractivity contribution is 6.74. The molecule has 1 aromatic rings. The van der Waals surface area contributed by atoms with Crippen LogP contribution in [0, 0.1) is 6.92 Å². The molecule has 1 unspecified atom stereocenters. The van der Waals surface area contributed by atoms with Gasteiger partial charge in [-0.05, 0) is 50.4 Å². The molecule has 0 radical (unpaired) electrons. The normalized spacial score (nSPS) is 21.6. The minimum atomic E-state index is -2.22. The van der Waals surface area contributed by atoms with Gasteiger partial charge in [0.15, 0.2) is 14.1 Å². The number of carbonyl (C=O) groups excluding carboxylic acids is 1. The van der Waals surface area contributed by atoms with Crippen molar-refractivity contribution >= 4 is 14.1 Å². The minimum Gasteiger partial charge on any atom is -0.404 e. The van der Waals surface area contributed by atoms with E-state index in [1.807, 2.05) is 13.0 Å². The van der Waals surface area contributed by atoms with Crippen molar-refractivity contribution in [3.63, 3.8) is 0 Å². The second kappa shape index (κ2) is 8.93. The first-order valence-corrected chi connectivity index (χ1v) is 13.1. The highest BCUT2D eigenvalue weighted by Gasteiger charge is 2.44. The Labute approximate surface area is 173 Å². The molecule has 0 aromatic carbocycles. The summed E-state index contributed by atoms with van der Waals surface area (Å²) in [6.45, 7) is 14.2. The van der Waals surface area contributed by atoms with E-state index in [1.165, 1.54) is 10.8 Å². The lowest BCUT2D eigenvalue weighted by atomic mass is 10.1. The van der Waals surface area contributed by atoms with Crippen LogP contribution >= 0.6 is 0 Å². The number of hydrogen-bond acceptors (Lipinski definition) is 5. The Balaban J connectivity index is 2.30. The predicted octanol–water partition coefficient (Wildman–Crippen LogP) is 3.45. The van der Waals surface area contributed by atoms with Crippen molar-refractivity contribution in [1.82, 2.24) is 9.55 Å². The number of nitrogens with zero attached hydrogens (tertiary/aromatic N) is 1. The molecule has 29 heavy (non-hydrogen) atoms. The maximum Gasteiger partial charge on any atom is 0.330 e. The Kier molecular flexibility index (Phi) is 7.24. The van der Waals surface area contributed by atoms with Gasteiger partial charge in [-0.3, -0.25) is 19.1 Å². The summed E-state index contributed by atoms with van der Waals surface area (Å²) in [5, 5.41) is -0.0506. The average Bonchev–Trinajstić information content (AvgIpc) is 3.09. The third-order valence-electron chi connectivity index (χ3n) is 5.85. The van der Waals surface area contributed by atoms with Gasteiger partial charge in [0.1, 0.15) is 12.3 Å². The van der Waals surface area contributed by atoms with Gasteiger partial charge in [-0.25, -0.2) is 4.79 Å². The second-order valence-electron chi connectivity index (χ2n) is 9.20. The lowest BCUT2D eigenvalue weighted by Crippen LogP contribution is -2.49. The fourth-order valence-corrected chi connectivity index (χ4v) is 4.27. The third kappa shape index (κ3) is 5.43. The van der Waals surface area contributed by atoms with E-state index in [2.05, 4.69) is 38.8 Å². The van der Waals surface area contributed by atoms with Crippen LogP contribution in [0.1, 0.15) is 58.7 Å². The number of nitrogens with one attached hydrogen (secondary N) is 1. The topological polar surface area (TPSA) is 90.4 Å². The van der Waals surface area contributed by atoms with E-state index in [0.717, 1.165) is 6.42 Å². The smallest absolute Gasteiger partial charge is 0.330 e. The summed E-state index contributed by atoms with van der Waals surface area (Å²) in [4.78, 5) is 39.1. The number of ether oxygens (including phenoxy) is 1. The van der Waals surface area contributed by atoms with E-state index in [4.69, 9.17) is 9.16 Å². The number of allylic oxidation sites excluding steroid dienone is 1. The third-order valence-corrected chi connectivity index (χ3v) is 10.3. The quantitative estimate of drug-likeness (QED) is 0.537. The standard InChI is InChI=1S/C21H34N2O5Si/c1-8-9-10-15(24)18(28-29(6,7)21(3,4)5)16-11-12-17(27-16)23-13-14(2)19(25)22-20(23)26/h9-10,13,16-18H,8,11-12H2,1-7H3,(H,22,25,26)/t16-,17+,18?/m0/s1. The molecule has 7 nitrogen and oxygen atoms in total. The molecule has 0 bridgehead atoms. The van der Waals surface area contributed by atoms with Crippen molar-refractivity contribution in [1.29, 1.82) is 0 Å². The Bertz CT molecular complexity index is 878. The number of aromatic nitrogens is 2. The molecule has 1 aliphatic rings. The molecule has 2 rings (SSSR count). The number of rotatable bonds is 7. The first kappa shape index (κ1) is 23.5. The minimum absolute atomic E-state index is 0.0506. The summed E-state index contributed by atoms with van der Waals surface area (Å²) in [7, 11) is -2.22.